The number of rotatable bonds is 4. The van der Waals surface area contributed by atoms with E-state index in [4.69, 9.17) is 0 Å². The molecule has 3 aromatic heterocycles. The predicted octanol–water partition coefficient (Wildman–Crippen LogP) is 1.62. The molecule has 9 nitrogen and oxygen atoms in total. The fourth-order valence-electron chi connectivity index (χ4n) is 3.17. The smallest absolute Gasteiger partial charge is 0.319 e. The zero-order chi connectivity index (χ0) is 20.7. The number of carbonyl (C=O) groups excluding carboxylic acids is 1. The minimum atomic E-state index is -0.427. The fourth-order valence-corrected chi connectivity index (χ4v) is 4.05. The molecule has 0 spiro atoms. The van der Waals surface area contributed by atoms with Crippen molar-refractivity contribution in [2.75, 3.05) is 4.90 Å². The molecular weight excluding hydrogens is 392 g/mol. The summed E-state index contributed by atoms with van der Waals surface area (Å²) < 4.78 is 4.06. The van der Waals surface area contributed by atoms with Gasteiger partial charge >= 0.3 is 5.69 Å². The second kappa shape index (κ2) is 7.13. The van der Waals surface area contributed by atoms with Crippen LogP contribution in [0.2, 0.25) is 0 Å². The van der Waals surface area contributed by atoms with Gasteiger partial charge < -0.3 is 4.57 Å². The number of hydrogen-bond acceptors (Lipinski definition) is 6. The molecule has 10 heteroatoms. The number of aromatic nitrogens is 5. The highest BCUT2D eigenvalue weighted by molar-refractivity contribution is 7.14. The fraction of sp³-hybridized carbons (Fsp3) is 0.211. The zero-order valence-electron chi connectivity index (χ0n) is 16.1. The van der Waals surface area contributed by atoms with Gasteiger partial charge in [0.2, 0.25) is 5.91 Å². The molecule has 0 N–H and O–H groups in total. The van der Waals surface area contributed by atoms with E-state index < -0.39 is 11.2 Å². The van der Waals surface area contributed by atoms with Gasteiger partial charge in [0.1, 0.15) is 0 Å². The van der Waals surface area contributed by atoms with Crippen molar-refractivity contribution in [3.05, 3.63) is 68.6 Å². The number of fused-ring (bicyclic) bond motifs is 1. The number of aryl methyl sites for hydroxylation is 1. The number of thiazole rings is 1. The van der Waals surface area contributed by atoms with E-state index in [1.165, 1.54) is 36.2 Å². The second-order valence-electron chi connectivity index (χ2n) is 6.56. The molecule has 0 aliphatic heterocycles. The number of amides is 1. The summed E-state index contributed by atoms with van der Waals surface area (Å²) in [6, 6.07) is 9.29. The van der Waals surface area contributed by atoms with Gasteiger partial charge in [0, 0.05) is 26.4 Å². The van der Waals surface area contributed by atoms with Crippen LogP contribution >= 0.6 is 11.3 Å². The summed E-state index contributed by atoms with van der Waals surface area (Å²) in [6.45, 7) is 1.78. The van der Waals surface area contributed by atoms with E-state index in [-0.39, 0.29) is 5.91 Å². The quantitative estimate of drug-likeness (QED) is 0.510. The number of carbonyl (C=O) groups is 1. The van der Waals surface area contributed by atoms with E-state index in [9.17, 15) is 14.4 Å². The molecule has 0 saturated carbocycles. The molecule has 0 fully saturated rings. The normalized spacial score (nSPS) is 11.1. The van der Waals surface area contributed by atoms with Crippen LogP contribution in [0.3, 0.4) is 0 Å². The summed E-state index contributed by atoms with van der Waals surface area (Å²) in [7, 11) is 3.01. The van der Waals surface area contributed by atoms with Crippen LogP contribution in [0.1, 0.15) is 12.6 Å². The lowest BCUT2D eigenvalue weighted by molar-refractivity contribution is -0.115. The Labute approximate surface area is 169 Å². The minimum Gasteiger partial charge on any atom is -0.319 e. The first-order chi connectivity index (χ1) is 13.9. The number of hydrogen-bond donors (Lipinski definition) is 0. The number of imidazole rings is 1. The van der Waals surface area contributed by atoms with Crippen LogP contribution in [0, 0.1) is 0 Å². The van der Waals surface area contributed by atoms with Crippen molar-refractivity contribution in [2.45, 2.75) is 13.5 Å². The molecule has 0 radical (unpaired) electrons. The molecule has 0 aliphatic rings. The third-order valence-electron chi connectivity index (χ3n) is 4.61. The van der Waals surface area contributed by atoms with Crippen LogP contribution in [0.4, 0.5) is 10.8 Å². The Morgan fingerprint density at radius 3 is 2.55 bits per heavy atom. The van der Waals surface area contributed by atoms with Gasteiger partial charge in [-0.3, -0.25) is 23.6 Å². The van der Waals surface area contributed by atoms with Crippen molar-refractivity contribution < 1.29 is 4.79 Å². The summed E-state index contributed by atoms with van der Waals surface area (Å²) >= 11 is 1.34. The van der Waals surface area contributed by atoms with Gasteiger partial charge in [-0.2, -0.15) is 0 Å². The van der Waals surface area contributed by atoms with Crippen molar-refractivity contribution in [2.24, 2.45) is 14.1 Å². The Morgan fingerprint density at radius 2 is 1.86 bits per heavy atom. The first-order valence-electron chi connectivity index (χ1n) is 8.79. The van der Waals surface area contributed by atoms with E-state index in [1.54, 1.807) is 16.5 Å². The maximum Gasteiger partial charge on any atom is 0.332 e. The third-order valence-corrected chi connectivity index (χ3v) is 5.48. The van der Waals surface area contributed by atoms with Crippen LogP contribution < -0.4 is 16.1 Å². The molecule has 3 heterocycles. The van der Waals surface area contributed by atoms with E-state index in [1.807, 2.05) is 35.7 Å². The standard InChI is InChI=1S/C19H18N6O3S/c1-12(26)25(14-7-5-4-6-8-14)18-21-13(10-29-18)9-24-11-20-16-15(24)17(27)23(3)19(28)22(16)2/h4-8,10-11H,9H2,1-3H3. The third kappa shape index (κ3) is 3.17. The zero-order valence-corrected chi connectivity index (χ0v) is 16.9. The molecule has 0 atom stereocenters. The number of nitrogens with zero attached hydrogens (tertiary/aromatic N) is 6. The topological polar surface area (TPSA) is 95.0 Å². The summed E-state index contributed by atoms with van der Waals surface area (Å²) in [5, 5.41) is 2.38. The van der Waals surface area contributed by atoms with Crippen molar-refractivity contribution >= 4 is 39.2 Å². The van der Waals surface area contributed by atoms with Gasteiger partial charge in [-0.15, -0.1) is 11.3 Å². The van der Waals surface area contributed by atoms with Gasteiger partial charge in [0.05, 0.1) is 24.3 Å². The monoisotopic (exact) mass is 410 g/mol. The Morgan fingerprint density at radius 1 is 1.14 bits per heavy atom. The minimum absolute atomic E-state index is 0.144. The van der Waals surface area contributed by atoms with Gasteiger partial charge in [-0.1, -0.05) is 18.2 Å². The van der Waals surface area contributed by atoms with E-state index >= 15 is 0 Å². The summed E-state index contributed by atoms with van der Waals surface area (Å²) in [4.78, 5) is 47.2. The van der Waals surface area contributed by atoms with Gasteiger partial charge in [-0.05, 0) is 12.1 Å². The molecule has 0 unspecified atom stereocenters. The largest absolute Gasteiger partial charge is 0.332 e. The molecule has 0 bridgehead atoms. The average molecular weight is 410 g/mol. The average Bonchev–Trinajstić information content (AvgIpc) is 3.33. The lowest BCUT2D eigenvalue weighted by atomic mass is 10.3. The maximum atomic E-state index is 12.6. The number of benzene rings is 1. The highest BCUT2D eigenvalue weighted by Crippen LogP contribution is 2.29. The Kier molecular flexibility index (Phi) is 4.63. The van der Waals surface area contributed by atoms with Crippen molar-refractivity contribution in [1.82, 2.24) is 23.7 Å². The molecular formula is C19H18N6O3S. The molecule has 4 aromatic rings. The second-order valence-corrected chi connectivity index (χ2v) is 7.40. The van der Waals surface area contributed by atoms with Crippen LogP contribution in [0.5, 0.6) is 0 Å². The van der Waals surface area contributed by atoms with Crippen LogP contribution in [0.15, 0.2) is 51.6 Å². The van der Waals surface area contributed by atoms with Crippen molar-refractivity contribution in [3.8, 4) is 0 Å². The molecule has 4 rings (SSSR count). The summed E-state index contributed by atoms with van der Waals surface area (Å²) in [5.41, 5.74) is 1.23. The first kappa shape index (κ1) is 18.8. The van der Waals surface area contributed by atoms with Gasteiger partial charge in [0.25, 0.3) is 5.56 Å². The molecule has 0 saturated heterocycles. The molecule has 148 valence electrons. The van der Waals surface area contributed by atoms with Crippen molar-refractivity contribution in [1.29, 1.82) is 0 Å². The van der Waals surface area contributed by atoms with Gasteiger partial charge in [0.15, 0.2) is 16.3 Å². The Bertz CT molecular complexity index is 1330. The summed E-state index contributed by atoms with van der Waals surface area (Å²) in [6.07, 6.45) is 1.52. The first-order valence-corrected chi connectivity index (χ1v) is 9.67. The Hall–Kier alpha value is -3.53. The van der Waals surface area contributed by atoms with Gasteiger partial charge in [-0.25, -0.2) is 14.8 Å². The lowest BCUT2D eigenvalue weighted by Crippen LogP contribution is -2.37. The van der Waals surface area contributed by atoms with Crippen LogP contribution in [-0.4, -0.2) is 29.6 Å². The molecule has 1 amide bonds. The van der Waals surface area contributed by atoms with E-state index in [2.05, 4.69) is 9.97 Å². The Balaban J connectivity index is 1.73. The lowest BCUT2D eigenvalue weighted by Gasteiger charge is -2.17. The van der Waals surface area contributed by atoms with Crippen molar-refractivity contribution in [3.63, 3.8) is 0 Å². The molecule has 0 aliphatic carbocycles. The van der Waals surface area contributed by atoms with E-state index in [0.717, 1.165) is 10.3 Å². The summed E-state index contributed by atoms with van der Waals surface area (Å²) in [5.74, 6) is -0.144. The van der Waals surface area contributed by atoms with E-state index in [0.29, 0.717) is 28.5 Å². The highest BCUT2D eigenvalue weighted by atomic mass is 32.1. The van der Waals surface area contributed by atoms with Crippen LogP contribution in [-0.2, 0) is 25.4 Å². The predicted molar refractivity (Wildman–Crippen MR) is 111 cm³/mol. The maximum absolute atomic E-state index is 12.6. The SMILES string of the molecule is CC(=O)N(c1ccccc1)c1nc(Cn2cnc3c2c(=O)n(C)c(=O)n3C)cs1. The number of anilines is 2. The molecule has 29 heavy (non-hydrogen) atoms. The highest BCUT2D eigenvalue weighted by Gasteiger charge is 2.19. The van der Waals surface area contributed by atoms with Crippen LogP contribution in [0.25, 0.3) is 11.2 Å². The number of para-hydroxylation sites is 1. The molecule has 1 aromatic carbocycles.